The van der Waals surface area contributed by atoms with Gasteiger partial charge in [0, 0.05) is 71.9 Å². The Morgan fingerprint density at radius 1 is 0.864 bits per heavy atom. The van der Waals surface area contributed by atoms with Crippen LogP contribution < -0.4 is 25.2 Å². The first-order valence-corrected chi connectivity index (χ1v) is 23.5. The average molecular weight is 924 g/mol. The van der Waals surface area contributed by atoms with E-state index in [9.17, 15) is 32.5 Å². The smallest absolute Gasteiger partial charge is 0.301 e. The highest BCUT2D eigenvalue weighted by atomic mass is 32.2. The summed E-state index contributed by atoms with van der Waals surface area (Å²) in [6, 6.07) is 20.9. The summed E-state index contributed by atoms with van der Waals surface area (Å²) in [5.74, 6) is -2.51. The maximum atomic E-state index is 15.3. The first kappa shape index (κ1) is 44.9. The lowest BCUT2D eigenvalue weighted by Gasteiger charge is -2.39. The van der Waals surface area contributed by atoms with Crippen molar-refractivity contribution in [2.24, 2.45) is 5.92 Å². The van der Waals surface area contributed by atoms with Crippen LogP contribution in [0.2, 0.25) is 0 Å². The third-order valence-corrected chi connectivity index (χ3v) is 14.5. The van der Waals surface area contributed by atoms with E-state index < -0.39 is 45.0 Å². The van der Waals surface area contributed by atoms with Crippen LogP contribution in [0.25, 0.3) is 16.6 Å². The van der Waals surface area contributed by atoms with E-state index in [-0.39, 0.29) is 60.4 Å². The zero-order valence-electron chi connectivity index (χ0n) is 36.0. The van der Waals surface area contributed by atoms with Crippen LogP contribution in [0.3, 0.4) is 0 Å². The van der Waals surface area contributed by atoms with Gasteiger partial charge in [0.15, 0.2) is 11.6 Å². The van der Waals surface area contributed by atoms with E-state index in [1.807, 2.05) is 24.3 Å². The van der Waals surface area contributed by atoms with Crippen molar-refractivity contribution >= 4 is 44.3 Å². The van der Waals surface area contributed by atoms with Crippen molar-refractivity contribution in [3.8, 4) is 23.3 Å². The molecule has 4 aliphatic rings. The summed E-state index contributed by atoms with van der Waals surface area (Å²) in [5, 5.41) is 12.5. The van der Waals surface area contributed by atoms with Gasteiger partial charge in [0.25, 0.3) is 5.56 Å². The number of piperidine rings is 2. The molecule has 4 aliphatic heterocycles. The lowest BCUT2D eigenvalue weighted by molar-refractivity contribution is -0.134. The fraction of sp³-hybridized carbons (Fsp3) is 0.383. The molecule has 0 unspecified atom stereocenters. The molecule has 19 heteroatoms. The van der Waals surface area contributed by atoms with E-state index >= 15 is 8.78 Å². The Morgan fingerprint density at radius 2 is 1.65 bits per heavy atom. The minimum Gasteiger partial charge on any atom is -0.453 e. The van der Waals surface area contributed by atoms with Gasteiger partial charge in [-0.25, -0.2) is 18.2 Å². The minimum atomic E-state index is -4.24. The molecule has 0 spiro atoms. The molecule has 2 N–H and O–H groups in total. The number of alkyl halides is 1. The van der Waals surface area contributed by atoms with Gasteiger partial charge in [0.05, 0.1) is 33.9 Å². The summed E-state index contributed by atoms with van der Waals surface area (Å²) in [5.41, 5.74) is 2.02. The predicted molar refractivity (Wildman–Crippen MR) is 240 cm³/mol. The summed E-state index contributed by atoms with van der Waals surface area (Å²) in [7, 11) is -4.24. The third kappa shape index (κ3) is 9.63. The van der Waals surface area contributed by atoms with Crippen LogP contribution in [0.1, 0.15) is 54.7 Å². The van der Waals surface area contributed by atoms with Gasteiger partial charge in [-0.3, -0.25) is 33.9 Å². The van der Waals surface area contributed by atoms with Crippen LogP contribution >= 0.6 is 0 Å². The number of amides is 2. The Hall–Kier alpha value is -6.33. The van der Waals surface area contributed by atoms with Crippen LogP contribution in [-0.4, -0.2) is 109 Å². The van der Waals surface area contributed by atoms with Gasteiger partial charge in [-0.1, -0.05) is 18.2 Å². The van der Waals surface area contributed by atoms with E-state index in [2.05, 4.69) is 29.7 Å². The zero-order valence-corrected chi connectivity index (χ0v) is 36.8. The quantitative estimate of drug-likeness (QED) is 0.150. The molecule has 344 valence electrons. The number of imide groups is 1. The highest BCUT2D eigenvalue weighted by Gasteiger charge is 2.33. The summed E-state index contributed by atoms with van der Waals surface area (Å²) >= 11 is 0. The number of hydrogen-bond donors (Lipinski definition) is 2. The Balaban J connectivity index is 0.798. The van der Waals surface area contributed by atoms with Crippen molar-refractivity contribution < 1.29 is 35.9 Å². The van der Waals surface area contributed by atoms with Crippen molar-refractivity contribution in [2.45, 2.75) is 50.7 Å². The van der Waals surface area contributed by atoms with Crippen LogP contribution in [0.4, 0.5) is 24.5 Å². The van der Waals surface area contributed by atoms with E-state index in [4.69, 9.17) is 4.74 Å². The second-order valence-electron chi connectivity index (χ2n) is 17.4. The highest BCUT2D eigenvalue weighted by molar-refractivity contribution is 7.90. The second-order valence-corrected chi connectivity index (χ2v) is 19.0. The highest BCUT2D eigenvalue weighted by Crippen LogP contribution is 2.35. The van der Waals surface area contributed by atoms with Gasteiger partial charge in [-0.2, -0.15) is 18.0 Å². The molecule has 2 atom stereocenters. The minimum absolute atomic E-state index is 0.0127. The molecule has 15 nitrogen and oxygen atoms in total. The first-order valence-electron chi connectivity index (χ1n) is 22.1. The van der Waals surface area contributed by atoms with Gasteiger partial charge >= 0.3 is 10.2 Å². The molecule has 0 aliphatic carbocycles. The number of carbonyl (C=O) groups excluding carboxylic acids is 2. The number of piperazine rings is 1. The predicted octanol–water partition coefficient (Wildman–Crippen LogP) is 5.58. The molecule has 66 heavy (non-hydrogen) atoms. The molecule has 5 heterocycles. The number of nitriles is 1. The number of fused-ring (bicyclic) bond motifs is 1. The normalized spacial score (nSPS) is 20.4. The number of nitrogens with one attached hydrogen (secondary N) is 2. The van der Waals surface area contributed by atoms with Crippen LogP contribution in [0.15, 0.2) is 83.9 Å². The molecular weight excluding hydrogens is 876 g/mol. The lowest BCUT2D eigenvalue weighted by atomic mass is 9.90. The second kappa shape index (κ2) is 18.9. The number of nitrogens with zero attached hydrogens (tertiary/aromatic N) is 7. The van der Waals surface area contributed by atoms with Crippen molar-refractivity contribution in [3.05, 3.63) is 118 Å². The van der Waals surface area contributed by atoms with Crippen LogP contribution in [-0.2, 0) is 26.3 Å². The molecular formula is C47H48F3N9O6S. The van der Waals surface area contributed by atoms with Crippen molar-refractivity contribution in [2.75, 3.05) is 68.5 Å². The van der Waals surface area contributed by atoms with Gasteiger partial charge in [0.2, 0.25) is 11.8 Å². The number of hydrogen-bond acceptors (Lipinski definition) is 11. The molecule has 0 bridgehead atoms. The number of carbonyl (C=O) groups is 2. The maximum Gasteiger partial charge on any atom is 0.301 e. The fourth-order valence-electron chi connectivity index (χ4n) is 9.35. The molecule has 9 rings (SSSR count). The van der Waals surface area contributed by atoms with Crippen molar-refractivity contribution in [1.29, 1.82) is 5.26 Å². The molecule has 2 amide bonds. The molecule has 0 saturated carbocycles. The SMILES string of the molecule is N#Cc1c(NS(=O)(=O)N2CC[C@@H](F)C2)ccc(F)c1Oc1ccc2ncn(-c3cccc(CN4CCN(CC5CCN(c6ccc([C@H]7CCC(=O)NC7=O)cc6F)CC5)CC4)c3)c(=O)c2c1. The number of halogens is 3. The van der Waals surface area contributed by atoms with Gasteiger partial charge in [-0.15, -0.1) is 0 Å². The average Bonchev–Trinajstić information content (AvgIpc) is 3.76. The van der Waals surface area contributed by atoms with E-state index in [0.29, 0.717) is 41.3 Å². The maximum absolute atomic E-state index is 15.3. The Bertz CT molecular complexity index is 2900. The first-order chi connectivity index (χ1) is 31.8. The van der Waals surface area contributed by atoms with Gasteiger partial charge in [-0.05, 0) is 97.3 Å². The monoisotopic (exact) mass is 923 g/mol. The van der Waals surface area contributed by atoms with Gasteiger partial charge < -0.3 is 14.5 Å². The molecule has 0 radical (unpaired) electrons. The van der Waals surface area contributed by atoms with Crippen LogP contribution in [0, 0.1) is 28.9 Å². The Morgan fingerprint density at radius 3 is 2.38 bits per heavy atom. The number of anilines is 2. The summed E-state index contributed by atoms with van der Waals surface area (Å²) in [6.07, 6.45) is 2.69. The van der Waals surface area contributed by atoms with E-state index in [1.165, 1.54) is 35.2 Å². The Kier molecular flexibility index (Phi) is 12.8. The Labute approximate surface area is 379 Å². The fourth-order valence-corrected chi connectivity index (χ4v) is 10.6. The van der Waals surface area contributed by atoms with Crippen LogP contribution in [0.5, 0.6) is 11.5 Å². The number of benzene rings is 4. The molecule has 4 saturated heterocycles. The van der Waals surface area contributed by atoms with Crippen molar-refractivity contribution in [3.63, 3.8) is 0 Å². The van der Waals surface area contributed by atoms with Crippen molar-refractivity contribution in [1.82, 2.24) is 29.0 Å². The number of ether oxygens (including phenoxy) is 1. The molecule has 1 aromatic heterocycles. The largest absolute Gasteiger partial charge is 0.453 e. The zero-order chi connectivity index (χ0) is 46.1. The van der Waals surface area contributed by atoms with E-state index in [1.54, 1.807) is 18.2 Å². The lowest BCUT2D eigenvalue weighted by Crippen LogP contribution is -2.48. The summed E-state index contributed by atoms with van der Waals surface area (Å²) < 4.78 is 80.5. The summed E-state index contributed by atoms with van der Waals surface area (Å²) in [4.78, 5) is 49.2. The molecule has 4 fully saturated rings. The standard InChI is InChI=1S/C47H48F3N9O6S/c48-33-14-17-58(28-33)66(63,64)54-42-9-7-39(49)45(38(42)25-51)65-35-5-8-41-37(24-35)47(62)59(29-52-41)34-3-1-2-31(22-34)27-56-20-18-55(19-21-56)26-30-12-15-57(16-13-30)43-10-4-32(23-40(43)50)36-6-11-44(60)53-46(36)61/h1-5,7-10,22-24,29-30,33,36,54H,6,11-21,26-28H2,(H,53,60,61)/t33-,36-/m1/s1. The number of aromatic nitrogens is 2. The number of rotatable bonds is 12. The van der Waals surface area contributed by atoms with E-state index in [0.717, 1.165) is 80.7 Å². The topological polar surface area (TPSA) is 173 Å². The third-order valence-electron chi connectivity index (χ3n) is 13.0. The van der Waals surface area contributed by atoms with Gasteiger partial charge in [0.1, 0.15) is 35.7 Å². The summed E-state index contributed by atoms with van der Waals surface area (Å²) in [6.45, 7) is 6.33. The molecule has 5 aromatic rings. The molecule has 4 aromatic carbocycles.